The molecule has 1 saturated heterocycles. The van der Waals surface area contributed by atoms with E-state index in [0.717, 1.165) is 43.2 Å². The van der Waals surface area contributed by atoms with Crippen molar-refractivity contribution in [3.05, 3.63) is 23.4 Å². The third-order valence-corrected chi connectivity index (χ3v) is 4.47. The van der Waals surface area contributed by atoms with Crippen molar-refractivity contribution < 1.29 is 14.2 Å². The van der Waals surface area contributed by atoms with Crippen LogP contribution in [0, 0.1) is 0 Å². The van der Waals surface area contributed by atoms with Crippen LogP contribution in [0.25, 0.3) is 10.9 Å². The average molecular weight is 339 g/mol. The van der Waals surface area contributed by atoms with Crippen LogP contribution in [0.5, 0.6) is 5.75 Å². The van der Waals surface area contributed by atoms with Crippen molar-refractivity contribution in [2.75, 3.05) is 20.3 Å². The standard InChI is InChI=1S/C17H23ClN2O3/c1-3-13(11-21-2)23-16-9-15-12(8-14(16)18)10-19-20(15)17-6-4-5-7-22-17/h8-10,13,17H,3-7,11H2,1-2H3/t13-,17?/m1/s1. The van der Waals surface area contributed by atoms with Gasteiger partial charge in [-0.25, -0.2) is 4.68 Å². The minimum absolute atomic E-state index is 0.00350. The molecule has 2 aromatic rings. The smallest absolute Gasteiger partial charge is 0.150 e. The molecule has 2 atom stereocenters. The maximum Gasteiger partial charge on any atom is 0.150 e. The molecule has 126 valence electrons. The van der Waals surface area contributed by atoms with E-state index in [9.17, 15) is 0 Å². The number of benzene rings is 1. The summed E-state index contributed by atoms with van der Waals surface area (Å²) in [5.41, 5.74) is 0.989. The number of hydrogen-bond acceptors (Lipinski definition) is 4. The van der Waals surface area contributed by atoms with Gasteiger partial charge in [0.25, 0.3) is 0 Å². The lowest BCUT2D eigenvalue weighted by Crippen LogP contribution is -2.21. The fourth-order valence-electron chi connectivity index (χ4n) is 2.88. The molecule has 1 unspecified atom stereocenters. The third kappa shape index (κ3) is 3.62. The van der Waals surface area contributed by atoms with Gasteiger partial charge in [0.2, 0.25) is 0 Å². The van der Waals surface area contributed by atoms with Gasteiger partial charge in [-0.3, -0.25) is 0 Å². The lowest BCUT2D eigenvalue weighted by atomic mass is 10.2. The zero-order valence-electron chi connectivity index (χ0n) is 13.6. The van der Waals surface area contributed by atoms with Crippen molar-refractivity contribution in [2.45, 2.75) is 44.9 Å². The van der Waals surface area contributed by atoms with E-state index in [4.69, 9.17) is 25.8 Å². The molecular formula is C17H23ClN2O3. The van der Waals surface area contributed by atoms with E-state index in [-0.39, 0.29) is 12.3 Å². The molecule has 1 aromatic carbocycles. The van der Waals surface area contributed by atoms with Crippen LogP contribution >= 0.6 is 11.6 Å². The Kier molecular flexibility index (Phi) is 5.41. The van der Waals surface area contributed by atoms with Crippen molar-refractivity contribution in [1.29, 1.82) is 0 Å². The van der Waals surface area contributed by atoms with Gasteiger partial charge >= 0.3 is 0 Å². The molecule has 0 aliphatic carbocycles. The number of hydrogen-bond donors (Lipinski definition) is 0. The van der Waals surface area contributed by atoms with E-state index in [1.54, 1.807) is 7.11 Å². The van der Waals surface area contributed by atoms with Gasteiger partial charge in [0.15, 0.2) is 6.23 Å². The molecule has 1 aliphatic heterocycles. The van der Waals surface area contributed by atoms with Gasteiger partial charge in [-0.2, -0.15) is 5.10 Å². The summed E-state index contributed by atoms with van der Waals surface area (Å²) in [4.78, 5) is 0. The van der Waals surface area contributed by atoms with Crippen molar-refractivity contribution in [3.63, 3.8) is 0 Å². The van der Waals surface area contributed by atoms with Crippen molar-refractivity contribution in [3.8, 4) is 5.75 Å². The van der Waals surface area contributed by atoms with Gasteiger partial charge in [-0.1, -0.05) is 18.5 Å². The predicted molar refractivity (Wildman–Crippen MR) is 90.2 cm³/mol. The molecule has 23 heavy (non-hydrogen) atoms. The summed E-state index contributed by atoms with van der Waals surface area (Å²) in [5.74, 6) is 0.667. The van der Waals surface area contributed by atoms with Crippen LogP contribution in [-0.2, 0) is 9.47 Å². The van der Waals surface area contributed by atoms with Gasteiger partial charge < -0.3 is 14.2 Å². The summed E-state index contributed by atoms with van der Waals surface area (Å²) < 4.78 is 19.0. The fourth-order valence-corrected chi connectivity index (χ4v) is 3.10. The second kappa shape index (κ2) is 7.51. The van der Waals surface area contributed by atoms with Crippen LogP contribution in [0.15, 0.2) is 18.3 Å². The third-order valence-electron chi connectivity index (χ3n) is 4.18. The lowest BCUT2D eigenvalue weighted by molar-refractivity contribution is -0.0367. The summed E-state index contributed by atoms with van der Waals surface area (Å²) in [6, 6.07) is 3.86. The summed E-state index contributed by atoms with van der Waals surface area (Å²) >= 11 is 6.37. The van der Waals surface area contributed by atoms with Crippen LogP contribution in [0.4, 0.5) is 0 Å². The monoisotopic (exact) mass is 338 g/mol. The van der Waals surface area contributed by atoms with E-state index in [0.29, 0.717) is 17.4 Å². The Morgan fingerprint density at radius 3 is 3.00 bits per heavy atom. The fraction of sp³-hybridized carbons (Fsp3) is 0.588. The summed E-state index contributed by atoms with van der Waals surface area (Å²) in [6.45, 7) is 3.39. The number of methoxy groups -OCH3 is 1. The molecular weight excluding hydrogens is 316 g/mol. The van der Waals surface area contributed by atoms with Crippen LogP contribution < -0.4 is 4.74 Å². The summed E-state index contributed by atoms with van der Waals surface area (Å²) in [7, 11) is 1.67. The van der Waals surface area contributed by atoms with E-state index < -0.39 is 0 Å². The SMILES string of the molecule is CC[C@H](COC)Oc1cc2c(cnn2C2CCCCO2)cc1Cl. The molecule has 1 aromatic heterocycles. The Bertz CT molecular complexity index is 653. The van der Waals surface area contributed by atoms with Gasteiger partial charge in [0.05, 0.1) is 23.3 Å². The second-order valence-electron chi connectivity index (χ2n) is 5.86. The van der Waals surface area contributed by atoms with Gasteiger partial charge in [0, 0.05) is 25.2 Å². The van der Waals surface area contributed by atoms with Crippen LogP contribution in [0.1, 0.15) is 38.8 Å². The lowest BCUT2D eigenvalue weighted by Gasteiger charge is -2.24. The Labute approximate surface area is 141 Å². The average Bonchev–Trinajstić information content (AvgIpc) is 2.98. The van der Waals surface area contributed by atoms with E-state index in [2.05, 4.69) is 12.0 Å². The molecule has 1 aliphatic rings. The number of rotatable bonds is 6. The molecule has 6 heteroatoms. The zero-order valence-corrected chi connectivity index (χ0v) is 14.4. The molecule has 3 rings (SSSR count). The number of nitrogens with zero attached hydrogens (tertiary/aromatic N) is 2. The maximum absolute atomic E-state index is 6.37. The van der Waals surface area contributed by atoms with E-state index >= 15 is 0 Å². The Morgan fingerprint density at radius 2 is 2.30 bits per heavy atom. The summed E-state index contributed by atoms with van der Waals surface area (Å²) in [5, 5.41) is 6.08. The topological polar surface area (TPSA) is 45.5 Å². The second-order valence-corrected chi connectivity index (χ2v) is 6.26. The minimum atomic E-state index is -0.0164. The quantitative estimate of drug-likeness (QED) is 0.792. The first-order valence-corrected chi connectivity index (χ1v) is 8.54. The highest BCUT2D eigenvalue weighted by Gasteiger charge is 2.20. The first-order chi connectivity index (χ1) is 11.2. The maximum atomic E-state index is 6.37. The first kappa shape index (κ1) is 16.6. The number of halogens is 1. The van der Waals surface area contributed by atoms with Crippen LogP contribution in [0.2, 0.25) is 5.02 Å². The molecule has 2 heterocycles. The number of fused-ring (bicyclic) bond motifs is 1. The van der Waals surface area contributed by atoms with Crippen LogP contribution in [0.3, 0.4) is 0 Å². The molecule has 0 radical (unpaired) electrons. The van der Waals surface area contributed by atoms with Crippen LogP contribution in [-0.4, -0.2) is 36.2 Å². The van der Waals surface area contributed by atoms with Gasteiger partial charge in [0.1, 0.15) is 11.9 Å². The molecule has 0 amide bonds. The van der Waals surface area contributed by atoms with Crippen molar-refractivity contribution >= 4 is 22.5 Å². The number of ether oxygens (including phenoxy) is 3. The van der Waals surface area contributed by atoms with E-state index in [1.807, 2.05) is 23.0 Å². The molecule has 0 bridgehead atoms. The molecule has 1 fully saturated rings. The van der Waals surface area contributed by atoms with Crippen molar-refractivity contribution in [1.82, 2.24) is 9.78 Å². The number of aromatic nitrogens is 2. The molecule has 5 nitrogen and oxygen atoms in total. The highest BCUT2D eigenvalue weighted by molar-refractivity contribution is 6.32. The Hall–Kier alpha value is -1.30. The molecule has 0 saturated carbocycles. The highest BCUT2D eigenvalue weighted by atomic mass is 35.5. The molecule has 0 N–H and O–H groups in total. The van der Waals surface area contributed by atoms with E-state index in [1.165, 1.54) is 0 Å². The largest absolute Gasteiger partial charge is 0.486 e. The summed E-state index contributed by atoms with van der Waals surface area (Å²) in [6.07, 6.45) is 5.92. The Morgan fingerprint density at radius 1 is 1.43 bits per heavy atom. The minimum Gasteiger partial charge on any atom is -0.486 e. The predicted octanol–water partition coefficient (Wildman–Crippen LogP) is 4.19. The normalized spacial score (nSPS) is 19.9. The van der Waals surface area contributed by atoms with Gasteiger partial charge in [-0.05, 0) is 31.7 Å². The van der Waals surface area contributed by atoms with Crippen molar-refractivity contribution in [2.24, 2.45) is 0 Å². The zero-order chi connectivity index (χ0) is 16.2. The molecule has 0 spiro atoms. The Balaban J connectivity index is 1.91. The highest BCUT2D eigenvalue weighted by Crippen LogP contribution is 2.33. The van der Waals surface area contributed by atoms with Gasteiger partial charge in [-0.15, -0.1) is 0 Å². The first-order valence-electron chi connectivity index (χ1n) is 8.17.